The Morgan fingerprint density at radius 1 is 1.41 bits per heavy atom. The predicted octanol–water partition coefficient (Wildman–Crippen LogP) is 0.953. The van der Waals surface area contributed by atoms with Crippen molar-refractivity contribution < 1.29 is 0 Å². The molecule has 2 aromatic heterocycles. The summed E-state index contributed by atoms with van der Waals surface area (Å²) in [5.74, 6) is 0.981. The summed E-state index contributed by atoms with van der Waals surface area (Å²) in [5, 5.41) is 8.14. The van der Waals surface area contributed by atoms with Crippen molar-refractivity contribution in [1.29, 1.82) is 0 Å². The second kappa shape index (κ2) is 5.09. The topological polar surface area (TPSA) is 74.6 Å². The van der Waals surface area contributed by atoms with E-state index in [0.717, 1.165) is 24.5 Å². The van der Waals surface area contributed by atoms with E-state index < -0.39 is 0 Å². The number of imidazole rings is 1. The number of nitrogens with zero attached hydrogens (tertiary/aromatic N) is 5. The van der Waals surface area contributed by atoms with E-state index in [9.17, 15) is 0 Å². The van der Waals surface area contributed by atoms with E-state index in [1.165, 1.54) is 0 Å². The molecule has 1 unspecified atom stereocenters. The normalized spacial score (nSPS) is 12.9. The van der Waals surface area contributed by atoms with E-state index in [1.54, 1.807) is 10.9 Å². The minimum atomic E-state index is -0.0327. The van der Waals surface area contributed by atoms with Crippen LogP contribution in [0.25, 0.3) is 0 Å². The highest BCUT2D eigenvalue weighted by Gasteiger charge is 2.09. The molecule has 0 fully saturated rings. The number of nitrogens with two attached hydrogens (primary N) is 1. The van der Waals surface area contributed by atoms with Gasteiger partial charge in [-0.15, -0.1) is 5.10 Å². The maximum atomic E-state index is 5.90. The van der Waals surface area contributed by atoms with Gasteiger partial charge >= 0.3 is 0 Å². The Balaban J connectivity index is 2.11. The van der Waals surface area contributed by atoms with Gasteiger partial charge in [0.15, 0.2) is 0 Å². The molecule has 0 radical (unpaired) electrons. The molecule has 2 heterocycles. The Bertz CT molecular complexity index is 472. The van der Waals surface area contributed by atoms with Crippen molar-refractivity contribution >= 4 is 0 Å². The number of aryl methyl sites for hydroxylation is 1. The van der Waals surface area contributed by atoms with Crippen molar-refractivity contribution in [3.63, 3.8) is 0 Å². The van der Waals surface area contributed by atoms with Gasteiger partial charge in [0.25, 0.3) is 0 Å². The first-order chi connectivity index (χ1) is 8.24. The van der Waals surface area contributed by atoms with Crippen LogP contribution in [-0.4, -0.2) is 24.5 Å². The van der Waals surface area contributed by atoms with Crippen LogP contribution in [0, 0.1) is 0 Å². The van der Waals surface area contributed by atoms with Gasteiger partial charge in [-0.1, -0.05) is 12.1 Å². The molecule has 2 rings (SSSR count). The maximum absolute atomic E-state index is 5.90. The van der Waals surface area contributed by atoms with E-state index in [2.05, 4.69) is 26.8 Å². The molecule has 0 spiro atoms. The lowest BCUT2D eigenvalue weighted by Crippen LogP contribution is -2.09. The molecule has 0 saturated heterocycles. The summed E-state index contributed by atoms with van der Waals surface area (Å²) < 4.78 is 3.86. The molecule has 0 saturated carbocycles. The lowest BCUT2D eigenvalue weighted by atomic mass is 10.2. The zero-order valence-corrected chi connectivity index (χ0v) is 10.2. The highest BCUT2D eigenvalue weighted by molar-refractivity contribution is 5.01. The van der Waals surface area contributed by atoms with E-state index in [1.807, 2.05) is 19.3 Å². The fourth-order valence-corrected chi connectivity index (χ4v) is 1.69. The number of hydrogen-bond acceptors (Lipinski definition) is 4. The van der Waals surface area contributed by atoms with Gasteiger partial charge in [0, 0.05) is 18.9 Å². The number of hydrogen-bond donors (Lipinski definition) is 1. The average Bonchev–Trinajstić information content (AvgIpc) is 2.97. The van der Waals surface area contributed by atoms with Crippen molar-refractivity contribution in [2.75, 3.05) is 0 Å². The van der Waals surface area contributed by atoms with Crippen LogP contribution >= 0.6 is 0 Å². The first-order valence-electron chi connectivity index (χ1n) is 5.90. The Labute approximate surface area is 100 Å². The van der Waals surface area contributed by atoms with Crippen LogP contribution in [0.4, 0.5) is 0 Å². The summed E-state index contributed by atoms with van der Waals surface area (Å²) in [6, 6.07) is -0.0327. The molecule has 6 nitrogen and oxygen atoms in total. The molecule has 92 valence electrons. The molecule has 0 aliphatic carbocycles. The molecule has 0 amide bonds. The molecule has 1 atom stereocenters. The van der Waals surface area contributed by atoms with Crippen LogP contribution < -0.4 is 5.73 Å². The second-order valence-electron chi connectivity index (χ2n) is 3.99. The van der Waals surface area contributed by atoms with Crippen LogP contribution in [0.2, 0.25) is 0 Å². The van der Waals surface area contributed by atoms with Crippen molar-refractivity contribution in [2.45, 2.75) is 39.4 Å². The molecule has 0 aliphatic rings. The van der Waals surface area contributed by atoms with Crippen molar-refractivity contribution in [1.82, 2.24) is 24.5 Å². The SMILES string of the molecule is CCC(N)c1cn(Cc2nccn2CC)nn1. The van der Waals surface area contributed by atoms with Crippen LogP contribution in [0.5, 0.6) is 0 Å². The van der Waals surface area contributed by atoms with Gasteiger partial charge in [-0.2, -0.15) is 0 Å². The lowest BCUT2D eigenvalue weighted by molar-refractivity contribution is 0.588. The predicted molar refractivity (Wildman–Crippen MR) is 64.2 cm³/mol. The Hall–Kier alpha value is -1.69. The number of aromatic nitrogens is 5. The second-order valence-corrected chi connectivity index (χ2v) is 3.99. The molecule has 2 N–H and O–H groups in total. The molecule has 0 bridgehead atoms. The molecular formula is C11H18N6. The summed E-state index contributed by atoms with van der Waals surface area (Å²) >= 11 is 0. The van der Waals surface area contributed by atoms with E-state index in [0.29, 0.717) is 6.54 Å². The van der Waals surface area contributed by atoms with Crippen LogP contribution in [0.3, 0.4) is 0 Å². The fraction of sp³-hybridized carbons (Fsp3) is 0.545. The Morgan fingerprint density at radius 3 is 2.94 bits per heavy atom. The third-order valence-corrected chi connectivity index (χ3v) is 2.82. The van der Waals surface area contributed by atoms with Gasteiger partial charge in [-0.25, -0.2) is 9.67 Å². The standard InChI is InChI=1S/C11H18N6/c1-3-9(12)10-7-17(15-14-10)8-11-13-5-6-16(11)4-2/h5-7,9H,3-4,8,12H2,1-2H3. The minimum Gasteiger partial charge on any atom is -0.334 e. The Kier molecular flexibility index (Phi) is 3.53. The molecule has 17 heavy (non-hydrogen) atoms. The molecule has 2 aromatic rings. The van der Waals surface area contributed by atoms with Crippen LogP contribution in [0.15, 0.2) is 18.6 Å². The highest BCUT2D eigenvalue weighted by atomic mass is 15.4. The molecular weight excluding hydrogens is 216 g/mol. The average molecular weight is 234 g/mol. The van der Waals surface area contributed by atoms with E-state index >= 15 is 0 Å². The van der Waals surface area contributed by atoms with Gasteiger partial charge in [0.1, 0.15) is 12.4 Å². The summed E-state index contributed by atoms with van der Waals surface area (Å²) in [6.45, 7) is 5.66. The largest absolute Gasteiger partial charge is 0.334 e. The van der Waals surface area contributed by atoms with Gasteiger partial charge in [-0.3, -0.25) is 0 Å². The summed E-state index contributed by atoms with van der Waals surface area (Å²) in [5.41, 5.74) is 6.74. The van der Waals surface area contributed by atoms with Crippen molar-refractivity contribution in [2.24, 2.45) is 5.73 Å². The summed E-state index contributed by atoms with van der Waals surface area (Å²) in [7, 11) is 0. The smallest absolute Gasteiger partial charge is 0.130 e. The quantitative estimate of drug-likeness (QED) is 0.836. The van der Waals surface area contributed by atoms with Gasteiger partial charge in [0.05, 0.1) is 17.9 Å². The third kappa shape index (κ3) is 2.52. The first kappa shape index (κ1) is 11.8. The van der Waals surface area contributed by atoms with E-state index in [-0.39, 0.29) is 6.04 Å². The number of rotatable bonds is 5. The van der Waals surface area contributed by atoms with Crippen LogP contribution in [-0.2, 0) is 13.1 Å². The Morgan fingerprint density at radius 2 is 2.24 bits per heavy atom. The van der Waals surface area contributed by atoms with Gasteiger partial charge in [0.2, 0.25) is 0 Å². The minimum absolute atomic E-state index is 0.0327. The third-order valence-electron chi connectivity index (χ3n) is 2.82. The first-order valence-corrected chi connectivity index (χ1v) is 5.90. The van der Waals surface area contributed by atoms with Gasteiger partial charge < -0.3 is 10.3 Å². The van der Waals surface area contributed by atoms with Crippen LogP contribution in [0.1, 0.15) is 37.8 Å². The maximum Gasteiger partial charge on any atom is 0.130 e. The lowest BCUT2D eigenvalue weighted by Gasteiger charge is -2.04. The van der Waals surface area contributed by atoms with E-state index in [4.69, 9.17) is 5.73 Å². The monoisotopic (exact) mass is 234 g/mol. The zero-order valence-electron chi connectivity index (χ0n) is 10.2. The zero-order chi connectivity index (χ0) is 12.3. The molecule has 0 aliphatic heterocycles. The van der Waals surface area contributed by atoms with Gasteiger partial charge in [-0.05, 0) is 13.3 Å². The molecule has 0 aromatic carbocycles. The molecule has 6 heteroatoms. The highest BCUT2D eigenvalue weighted by Crippen LogP contribution is 2.09. The van der Waals surface area contributed by atoms with Crippen molar-refractivity contribution in [3.8, 4) is 0 Å². The van der Waals surface area contributed by atoms with Crippen molar-refractivity contribution in [3.05, 3.63) is 30.1 Å². The summed E-state index contributed by atoms with van der Waals surface area (Å²) in [4.78, 5) is 4.30. The summed E-state index contributed by atoms with van der Waals surface area (Å²) in [6.07, 6.45) is 6.52. The fourth-order valence-electron chi connectivity index (χ4n) is 1.69.